The summed E-state index contributed by atoms with van der Waals surface area (Å²) in [7, 11) is 0. The minimum absolute atomic E-state index is 0.189. The van der Waals surface area contributed by atoms with E-state index in [4.69, 9.17) is 0 Å². The van der Waals surface area contributed by atoms with Gasteiger partial charge in [0, 0.05) is 11.6 Å². The van der Waals surface area contributed by atoms with Crippen LogP contribution in [0, 0.1) is 15.9 Å². The van der Waals surface area contributed by atoms with Gasteiger partial charge in [-0.05, 0) is 25.1 Å². The lowest BCUT2D eigenvalue weighted by molar-refractivity contribution is -0.384. The number of anilines is 1. The van der Waals surface area contributed by atoms with Crippen molar-refractivity contribution in [2.45, 2.75) is 13.0 Å². The summed E-state index contributed by atoms with van der Waals surface area (Å²) >= 11 is 0. The SMILES string of the molecule is CC(Nc1ccc(O)cc1[N+](=O)[O-])c1ccc(F)cc1O. The highest BCUT2D eigenvalue weighted by Crippen LogP contribution is 2.33. The molecule has 0 aliphatic carbocycles. The molecule has 0 bridgehead atoms. The molecule has 0 saturated heterocycles. The number of nitro benzene ring substituents is 1. The molecule has 21 heavy (non-hydrogen) atoms. The summed E-state index contributed by atoms with van der Waals surface area (Å²) in [6, 6.07) is 6.77. The highest BCUT2D eigenvalue weighted by Gasteiger charge is 2.18. The van der Waals surface area contributed by atoms with Gasteiger partial charge in [0.1, 0.15) is 23.0 Å². The first-order valence-electron chi connectivity index (χ1n) is 6.11. The number of benzene rings is 2. The van der Waals surface area contributed by atoms with E-state index in [1.807, 2.05) is 0 Å². The van der Waals surface area contributed by atoms with Gasteiger partial charge in [-0.2, -0.15) is 0 Å². The molecule has 1 unspecified atom stereocenters. The van der Waals surface area contributed by atoms with Crippen molar-refractivity contribution in [1.29, 1.82) is 0 Å². The summed E-state index contributed by atoms with van der Waals surface area (Å²) in [5.41, 5.74) is 0.302. The summed E-state index contributed by atoms with van der Waals surface area (Å²) in [5.74, 6) is -1.03. The van der Waals surface area contributed by atoms with Gasteiger partial charge in [0.15, 0.2) is 0 Å². The van der Waals surface area contributed by atoms with Crippen molar-refractivity contribution in [1.82, 2.24) is 0 Å². The second kappa shape index (κ2) is 5.66. The van der Waals surface area contributed by atoms with Gasteiger partial charge in [-0.25, -0.2) is 4.39 Å². The Morgan fingerprint density at radius 3 is 2.57 bits per heavy atom. The van der Waals surface area contributed by atoms with E-state index in [0.29, 0.717) is 5.56 Å². The van der Waals surface area contributed by atoms with Gasteiger partial charge in [-0.1, -0.05) is 6.07 Å². The molecule has 3 N–H and O–H groups in total. The number of halogens is 1. The number of phenols is 2. The summed E-state index contributed by atoms with van der Waals surface area (Å²) < 4.78 is 13.0. The number of nitrogens with one attached hydrogen (secondary N) is 1. The lowest BCUT2D eigenvalue weighted by Gasteiger charge is -2.17. The van der Waals surface area contributed by atoms with E-state index in [9.17, 15) is 24.7 Å². The number of phenolic OH excluding ortho intramolecular Hbond substituents is 2. The zero-order valence-corrected chi connectivity index (χ0v) is 11.1. The Bertz CT molecular complexity index is 691. The maximum absolute atomic E-state index is 13.0. The first kappa shape index (κ1) is 14.6. The third-order valence-corrected chi connectivity index (χ3v) is 3.01. The van der Waals surface area contributed by atoms with Crippen LogP contribution in [0.25, 0.3) is 0 Å². The van der Waals surface area contributed by atoms with Crippen molar-refractivity contribution in [2.24, 2.45) is 0 Å². The molecule has 0 amide bonds. The van der Waals surface area contributed by atoms with Gasteiger partial charge in [0.2, 0.25) is 0 Å². The average Bonchev–Trinajstić information content (AvgIpc) is 2.40. The van der Waals surface area contributed by atoms with Crippen molar-refractivity contribution in [2.75, 3.05) is 5.32 Å². The Hall–Kier alpha value is -2.83. The van der Waals surface area contributed by atoms with Crippen LogP contribution in [0.4, 0.5) is 15.8 Å². The summed E-state index contributed by atoms with van der Waals surface area (Å²) in [4.78, 5) is 10.3. The number of hydrogen-bond donors (Lipinski definition) is 3. The minimum Gasteiger partial charge on any atom is -0.508 e. The Morgan fingerprint density at radius 1 is 1.24 bits per heavy atom. The van der Waals surface area contributed by atoms with Crippen LogP contribution < -0.4 is 5.32 Å². The molecule has 0 fully saturated rings. The van der Waals surface area contributed by atoms with Gasteiger partial charge in [-0.3, -0.25) is 10.1 Å². The molecular formula is C14H13FN2O4. The molecule has 1 atom stereocenters. The van der Waals surface area contributed by atoms with Gasteiger partial charge >= 0.3 is 0 Å². The van der Waals surface area contributed by atoms with Crippen molar-refractivity contribution in [3.63, 3.8) is 0 Å². The molecule has 0 heterocycles. The van der Waals surface area contributed by atoms with Gasteiger partial charge < -0.3 is 15.5 Å². The molecule has 2 rings (SSSR count). The van der Waals surface area contributed by atoms with Gasteiger partial charge in [-0.15, -0.1) is 0 Å². The third-order valence-electron chi connectivity index (χ3n) is 3.01. The summed E-state index contributed by atoms with van der Waals surface area (Å²) in [6.45, 7) is 1.67. The first-order valence-corrected chi connectivity index (χ1v) is 6.11. The molecule has 6 nitrogen and oxygen atoms in total. The smallest absolute Gasteiger partial charge is 0.296 e. The number of aromatic hydroxyl groups is 2. The van der Waals surface area contributed by atoms with Crippen molar-refractivity contribution >= 4 is 11.4 Å². The van der Waals surface area contributed by atoms with Crippen molar-refractivity contribution in [3.05, 3.63) is 57.9 Å². The van der Waals surface area contributed by atoms with E-state index < -0.39 is 16.8 Å². The van der Waals surface area contributed by atoms with Crippen LogP contribution in [0.2, 0.25) is 0 Å². The van der Waals surface area contributed by atoms with E-state index >= 15 is 0 Å². The summed E-state index contributed by atoms with van der Waals surface area (Å²) in [5, 5.41) is 32.8. The highest BCUT2D eigenvalue weighted by atomic mass is 19.1. The van der Waals surface area contributed by atoms with E-state index in [2.05, 4.69) is 5.32 Å². The number of hydrogen-bond acceptors (Lipinski definition) is 5. The molecule has 2 aromatic rings. The first-order chi connectivity index (χ1) is 9.88. The average molecular weight is 292 g/mol. The summed E-state index contributed by atoms with van der Waals surface area (Å²) in [6.07, 6.45) is 0. The lowest BCUT2D eigenvalue weighted by atomic mass is 10.1. The molecule has 2 aromatic carbocycles. The van der Waals surface area contributed by atoms with E-state index in [1.165, 1.54) is 24.3 Å². The Morgan fingerprint density at radius 2 is 1.95 bits per heavy atom. The number of nitro groups is 1. The van der Waals surface area contributed by atoms with Crippen LogP contribution in [-0.4, -0.2) is 15.1 Å². The molecule has 7 heteroatoms. The number of rotatable bonds is 4. The quantitative estimate of drug-likeness (QED) is 0.456. The van der Waals surface area contributed by atoms with Crippen LogP contribution in [-0.2, 0) is 0 Å². The molecule has 0 aromatic heterocycles. The molecule has 0 spiro atoms. The van der Waals surface area contributed by atoms with Gasteiger partial charge in [0.05, 0.1) is 17.0 Å². The van der Waals surface area contributed by atoms with Gasteiger partial charge in [0.25, 0.3) is 5.69 Å². The maximum Gasteiger partial charge on any atom is 0.296 e. The third kappa shape index (κ3) is 3.19. The Balaban J connectivity index is 2.31. The topological polar surface area (TPSA) is 95.6 Å². The molecule has 0 aliphatic heterocycles. The second-order valence-corrected chi connectivity index (χ2v) is 4.53. The number of nitrogens with zero attached hydrogens (tertiary/aromatic N) is 1. The fourth-order valence-electron chi connectivity index (χ4n) is 1.99. The van der Waals surface area contributed by atoms with Crippen LogP contribution in [0.3, 0.4) is 0 Å². The minimum atomic E-state index is -0.626. The molecule has 0 aliphatic rings. The largest absolute Gasteiger partial charge is 0.508 e. The van der Waals surface area contributed by atoms with Crippen LogP contribution in [0.5, 0.6) is 11.5 Å². The fourth-order valence-corrected chi connectivity index (χ4v) is 1.99. The predicted molar refractivity (Wildman–Crippen MR) is 74.9 cm³/mol. The van der Waals surface area contributed by atoms with Crippen LogP contribution in [0.1, 0.15) is 18.5 Å². The normalized spacial score (nSPS) is 11.9. The van der Waals surface area contributed by atoms with Crippen molar-refractivity contribution in [3.8, 4) is 11.5 Å². The molecular weight excluding hydrogens is 279 g/mol. The fraction of sp³-hybridized carbons (Fsp3) is 0.143. The predicted octanol–water partition coefficient (Wildman–Crippen LogP) is 3.32. The zero-order chi connectivity index (χ0) is 15.6. The Kier molecular flexibility index (Phi) is 3.93. The van der Waals surface area contributed by atoms with E-state index in [0.717, 1.165) is 12.1 Å². The highest BCUT2D eigenvalue weighted by molar-refractivity contribution is 5.64. The van der Waals surface area contributed by atoms with E-state index in [1.54, 1.807) is 6.92 Å². The molecule has 0 saturated carbocycles. The maximum atomic E-state index is 13.0. The van der Waals surface area contributed by atoms with Crippen molar-refractivity contribution < 1.29 is 19.5 Å². The lowest BCUT2D eigenvalue weighted by Crippen LogP contribution is -2.08. The monoisotopic (exact) mass is 292 g/mol. The van der Waals surface area contributed by atoms with Crippen LogP contribution in [0.15, 0.2) is 36.4 Å². The van der Waals surface area contributed by atoms with Crippen LogP contribution >= 0.6 is 0 Å². The molecule has 0 radical (unpaired) electrons. The molecule has 110 valence electrons. The Labute approximate surface area is 119 Å². The van der Waals surface area contributed by atoms with E-state index in [-0.39, 0.29) is 22.9 Å². The zero-order valence-electron chi connectivity index (χ0n) is 11.1. The second-order valence-electron chi connectivity index (χ2n) is 4.53. The standard InChI is InChI=1S/C14H13FN2O4/c1-8(11-4-2-9(15)6-14(11)19)16-12-5-3-10(18)7-13(12)17(20)21/h2-8,16,18-19H,1H3.